The van der Waals surface area contributed by atoms with E-state index in [1.165, 1.54) is 11.1 Å². The molecule has 2 atom stereocenters. The molecule has 0 heterocycles. The Morgan fingerprint density at radius 2 is 0.980 bits per heavy atom. The zero-order chi connectivity index (χ0) is 37.0. The number of benzene rings is 2. The molecule has 8 nitrogen and oxygen atoms in total. The number of rotatable bonds is 8. The largest absolute Gasteiger partial charge is 2.00 e. The van der Waals surface area contributed by atoms with Crippen molar-refractivity contribution >= 4 is 24.4 Å². The van der Waals surface area contributed by atoms with Gasteiger partial charge in [0, 0.05) is 46.6 Å². The van der Waals surface area contributed by atoms with Crippen LogP contribution in [0.4, 0.5) is 0 Å². The summed E-state index contributed by atoms with van der Waals surface area (Å²) in [7, 11) is 0. The molecule has 3 rings (SSSR count). The minimum Gasteiger partial charge on any atom is -0.550 e. The molecule has 1 fully saturated rings. The van der Waals surface area contributed by atoms with E-state index in [0.717, 1.165) is 74.6 Å². The van der Waals surface area contributed by atoms with Crippen LogP contribution in [0.1, 0.15) is 167 Å². The third-order valence-corrected chi connectivity index (χ3v) is 8.82. The normalized spacial score (nSPS) is 17.6. The second-order valence-electron chi connectivity index (χ2n) is 15.1. The number of hydrogen-bond donors (Lipinski definition) is 2. The Bertz CT molecular complexity index is 1300. The maximum atomic E-state index is 11.1. The van der Waals surface area contributed by atoms with E-state index in [4.69, 9.17) is 29.8 Å². The number of aliphatic imine (C=N–C) groups is 2. The van der Waals surface area contributed by atoms with E-state index in [0.29, 0.717) is 23.3 Å². The summed E-state index contributed by atoms with van der Waals surface area (Å²) in [4.78, 5) is 27.6. The molecule has 1 radical (unpaired) electrons. The van der Waals surface area contributed by atoms with Crippen LogP contribution in [-0.2, 0) is 37.2 Å². The van der Waals surface area contributed by atoms with Gasteiger partial charge in [0.1, 0.15) is 11.5 Å². The average Bonchev–Trinajstić information content (AvgIpc) is 2.98. The van der Waals surface area contributed by atoms with Crippen molar-refractivity contribution in [3.63, 3.8) is 0 Å². The fourth-order valence-corrected chi connectivity index (χ4v) is 5.47. The molecular formula is C40H60CoN2O6. The summed E-state index contributed by atoms with van der Waals surface area (Å²) in [6, 6.07) is 9.06. The summed E-state index contributed by atoms with van der Waals surface area (Å²) < 4.78 is 0. The quantitative estimate of drug-likeness (QED) is 0.279. The second-order valence-corrected chi connectivity index (χ2v) is 15.1. The molecule has 49 heavy (non-hydrogen) atoms. The number of aliphatic carboxylic acids is 2. The Labute approximate surface area is 305 Å². The van der Waals surface area contributed by atoms with Crippen molar-refractivity contribution in [2.45, 2.75) is 156 Å². The SMILES string of the molecule is CC(=O)[O-].CC(=O)[O-].CCC(C)c1cc(C=NC2CCC(N=Cc3cc(C(C)CC)cc(C(C)(C)C)c3O)CC2)c(O)c(C(C)(C)C)c1.[Co+2]. The molecule has 2 N–H and O–H groups in total. The van der Waals surface area contributed by atoms with Crippen LogP contribution in [-0.4, -0.2) is 46.7 Å². The number of carbonyl (C=O) groups excluding carboxylic acids is 2. The predicted octanol–water partition coefficient (Wildman–Crippen LogP) is 7.08. The Balaban J connectivity index is 0.00000230. The molecule has 9 heteroatoms. The number of phenols is 2. The van der Waals surface area contributed by atoms with E-state index in [1.807, 2.05) is 12.4 Å². The zero-order valence-corrected chi connectivity index (χ0v) is 32.8. The number of hydrogen-bond acceptors (Lipinski definition) is 8. The van der Waals surface area contributed by atoms with Crippen LogP contribution in [0.2, 0.25) is 0 Å². The molecule has 275 valence electrons. The first-order valence-corrected chi connectivity index (χ1v) is 17.3. The molecule has 2 aromatic carbocycles. The fraction of sp³-hybridized carbons (Fsp3) is 0.600. The molecule has 1 aliphatic carbocycles. The van der Waals surface area contributed by atoms with Gasteiger partial charge in [0.2, 0.25) is 0 Å². The number of carboxylic acid groups (broad SMARTS) is 2. The molecule has 0 aliphatic heterocycles. The molecule has 2 unspecified atom stereocenters. The Morgan fingerprint density at radius 1 is 0.714 bits per heavy atom. The third kappa shape index (κ3) is 15.5. The van der Waals surface area contributed by atoms with E-state index < -0.39 is 11.9 Å². The summed E-state index contributed by atoms with van der Waals surface area (Å²) in [6.07, 6.45) is 9.82. The van der Waals surface area contributed by atoms with Gasteiger partial charge in [-0.15, -0.1) is 0 Å². The first kappa shape index (κ1) is 45.8. The average molecular weight is 724 g/mol. The summed E-state index contributed by atoms with van der Waals surface area (Å²) in [5, 5.41) is 39.9. The summed E-state index contributed by atoms with van der Waals surface area (Å²) in [5.74, 6) is -0.579. The number of carbonyl (C=O) groups is 2. The van der Waals surface area contributed by atoms with Crippen molar-refractivity contribution in [1.82, 2.24) is 0 Å². The van der Waals surface area contributed by atoms with E-state index in [9.17, 15) is 10.2 Å². The van der Waals surface area contributed by atoms with Crippen LogP contribution in [0.15, 0.2) is 34.3 Å². The summed E-state index contributed by atoms with van der Waals surface area (Å²) in [5.41, 5.74) is 5.88. The maximum Gasteiger partial charge on any atom is 2.00 e. The van der Waals surface area contributed by atoms with Crippen LogP contribution < -0.4 is 10.2 Å². The predicted molar refractivity (Wildman–Crippen MR) is 194 cm³/mol. The fourth-order valence-electron chi connectivity index (χ4n) is 5.47. The van der Waals surface area contributed by atoms with Crippen LogP contribution in [0.5, 0.6) is 11.5 Å². The van der Waals surface area contributed by atoms with Crippen LogP contribution in [0.25, 0.3) is 0 Å². The summed E-state index contributed by atoms with van der Waals surface area (Å²) >= 11 is 0. The van der Waals surface area contributed by atoms with E-state index in [1.54, 1.807) is 0 Å². The molecule has 1 aliphatic rings. The van der Waals surface area contributed by atoms with Crippen molar-refractivity contribution < 1.29 is 46.8 Å². The van der Waals surface area contributed by atoms with Crippen LogP contribution in [0, 0.1) is 0 Å². The van der Waals surface area contributed by atoms with Crippen LogP contribution >= 0.6 is 0 Å². The minimum absolute atomic E-state index is 0. The first-order chi connectivity index (χ1) is 22.1. The Hall–Kier alpha value is -3.17. The molecule has 2 aromatic rings. The number of carboxylic acids is 2. The monoisotopic (exact) mass is 723 g/mol. The van der Waals surface area contributed by atoms with E-state index >= 15 is 0 Å². The van der Waals surface area contributed by atoms with Crippen molar-refractivity contribution in [2.24, 2.45) is 9.98 Å². The maximum absolute atomic E-state index is 11.1. The number of nitrogens with zero attached hydrogens (tertiary/aromatic N) is 2. The number of phenolic OH excluding ortho intramolecular Hbond substituents is 2. The minimum atomic E-state index is -1.08. The van der Waals surface area contributed by atoms with Crippen molar-refractivity contribution in [1.29, 1.82) is 0 Å². The molecule has 0 aromatic heterocycles. The third-order valence-electron chi connectivity index (χ3n) is 8.82. The van der Waals surface area contributed by atoms with Crippen molar-refractivity contribution in [3.8, 4) is 11.5 Å². The van der Waals surface area contributed by atoms with Gasteiger partial charge in [0.15, 0.2) is 0 Å². The van der Waals surface area contributed by atoms with Gasteiger partial charge in [0.05, 0.1) is 12.1 Å². The van der Waals surface area contributed by atoms with Gasteiger partial charge >= 0.3 is 16.8 Å². The number of aromatic hydroxyl groups is 2. The Morgan fingerprint density at radius 3 is 1.20 bits per heavy atom. The van der Waals surface area contributed by atoms with E-state index in [-0.39, 0.29) is 39.7 Å². The standard InChI is InChI=1S/C36H54N2O2.2C2H4O2.Co/c1-11-23(3)25-17-27(33(39)31(19-25)35(5,6)7)21-37-29-13-15-30(16-14-29)38-22-28-18-26(24(4)12-2)20-32(34(28)40)36(8,9)10;2*1-2(3)4;/h17-24,29-30,39-40H,11-16H2,1-10H3;2*1H3,(H,3,4);/q;;;+2/p-2. The first-order valence-electron chi connectivity index (χ1n) is 17.3. The zero-order valence-electron chi connectivity index (χ0n) is 31.8. The molecule has 0 spiro atoms. The van der Waals surface area contributed by atoms with Gasteiger partial charge in [-0.2, -0.15) is 0 Å². The van der Waals surface area contributed by atoms with Gasteiger partial charge in [-0.3, -0.25) is 9.98 Å². The molecule has 0 bridgehead atoms. The Kier molecular flexibility index (Phi) is 19.2. The summed E-state index contributed by atoms with van der Waals surface area (Å²) in [6.45, 7) is 23.7. The second kappa shape index (κ2) is 20.5. The topological polar surface area (TPSA) is 145 Å². The van der Waals surface area contributed by atoms with Crippen molar-refractivity contribution in [2.75, 3.05) is 0 Å². The van der Waals surface area contributed by atoms with E-state index in [2.05, 4.69) is 93.5 Å². The van der Waals surface area contributed by atoms with Crippen LogP contribution in [0.3, 0.4) is 0 Å². The van der Waals surface area contributed by atoms with Crippen molar-refractivity contribution in [3.05, 3.63) is 57.6 Å². The smallest absolute Gasteiger partial charge is 0.550 e. The van der Waals surface area contributed by atoms with Gasteiger partial charge in [-0.1, -0.05) is 81.4 Å². The van der Waals surface area contributed by atoms with Gasteiger partial charge in [-0.05, 0) is 98.3 Å². The van der Waals surface area contributed by atoms with Gasteiger partial charge < -0.3 is 30.0 Å². The molecule has 0 amide bonds. The molecule has 0 saturated heterocycles. The molecule has 1 saturated carbocycles. The molecular weight excluding hydrogens is 663 g/mol. The van der Waals surface area contributed by atoms with Gasteiger partial charge in [-0.25, -0.2) is 0 Å². The van der Waals surface area contributed by atoms with Gasteiger partial charge in [0.25, 0.3) is 0 Å².